The van der Waals surface area contributed by atoms with Crippen molar-refractivity contribution in [1.29, 1.82) is 0 Å². The van der Waals surface area contributed by atoms with Gasteiger partial charge in [0.1, 0.15) is 5.75 Å². The van der Waals surface area contributed by atoms with Gasteiger partial charge in [0, 0.05) is 25.4 Å². The molecule has 1 aliphatic rings. The van der Waals surface area contributed by atoms with E-state index in [1.54, 1.807) is 4.90 Å². The summed E-state index contributed by atoms with van der Waals surface area (Å²) in [7, 11) is -3.22. The number of nitrogens with one attached hydrogen (secondary N) is 1. The van der Waals surface area contributed by atoms with Crippen molar-refractivity contribution in [3.63, 3.8) is 0 Å². The Kier molecular flexibility index (Phi) is 5.59. The van der Waals surface area contributed by atoms with Crippen LogP contribution in [-0.4, -0.2) is 56.9 Å². The van der Waals surface area contributed by atoms with Gasteiger partial charge in [-0.05, 0) is 25.3 Å². The molecule has 6 heteroatoms. The second-order valence-corrected chi connectivity index (χ2v) is 7.62. The van der Waals surface area contributed by atoms with Crippen LogP contribution in [0.2, 0.25) is 0 Å². The second kappa shape index (κ2) is 6.52. The fourth-order valence-electron chi connectivity index (χ4n) is 2.18. The van der Waals surface area contributed by atoms with Gasteiger partial charge in [-0.15, -0.1) is 0 Å². The quantitative estimate of drug-likeness (QED) is 0.782. The van der Waals surface area contributed by atoms with Gasteiger partial charge in [0.25, 0.3) is 0 Å². The lowest BCUT2D eigenvalue weighted by Crippen LogP contribution is -2.45. The van der Waals surface area contributed by atoms with Crippen molar-refractivity contribution in [2.75, 3.05) is 31.6 Å². The molecule has 106 valence electrons. The minimum Gasteiger partial charge on any atom is -0.341 e. The van der Waals surface area contributed by atoms with Crippen molar-refractivity contribution in [3.05, 3.63) is 0 Å². The molecule has 0 aromatic heterocycles. The third kappa shape index (κ3) is 5.82. The minimum atomic E-state index is -3.22. The van der Waals surface area contributed by atoms with E-state index in [0.29, 0.717) is 25.0 Å². The molecule has 1 amide bonds. The Labute approximate surface area is 110 Å². The lowest BCUT2D eigenvalue weighted by molar-refractivity contribution is -0.130. The van der Waals surface area contributed by atoms with E-state index >= 15 is 0 Å². The van der Waals surface area contributed by atoms with Crippen LogP contribution in [-0.2, 0) is 14.6 Å². The van der Waals surface area contributed by atoms with Crippen LogP contribution >= 0.6 is 0 Å². The molecule has 0 saturated carbocycles. The summed E-state index contributed by atoms with van der Waals surface area (Å²) in [6.07, 6.45) is 3.16. The Balaban J connectivity index is 2.45. The minimum absolute atomic E-state index is 0.258. The van der Waals surface area contributed by atoms with Crippen LogP contribution in [0, 0.1) is 5.92 Å². The summed E-state index contributed by atoms with van der Waals surface area (Å²) in [4.78, 5) is 13.5. The van der Waals surface area contributed by atoms with Gasteiger partial charge in [0.05, 0.1) is 0 Å². The highest BCUT2D eigenvalue weighted by Crippen LogP contribution is 2.16. The first-order chi connectivity index (χ1) is 8.28. The highest BCUT2D eigenvalue weighted by molar-refractivity contribution is 7.91. The maximum absolute atomic E-state index is 11.8. The monoisotopic (exact) mass is 276 g/mol. The fourth-order valence-corrected chi connectivity index (χ4v) is 2.81. The molecule has 0 aliphatic carbocycles. The Morgan fingerprint density at radius 3 is 2.67 bits per heavy atom. The zero-order valence-electron chi connectivity index (χ0n) is 11.5. The van der Waals surface area contributed by atoms with Crippen molar-refractivity contribution in [2.45, 2.75) is 32.7 Å². The highest BCUT2D eigenvalue weighted by Gasteiger charge is 2.25. The third-order valence-corrected chi connectivity index (χ3v) is 3.84. The highest BCUT2D eigenvalue weighted by atomic mass is 32.2. The molecule has 18 heavy (non-hydrogen) atoms. The van der Waals surface area contributed by atoms with Crippen LogP contribution in [0.5, 0.6) is 0 Å². The van der Waals surface area contributed by atoms with Gasteiger partial charge < -0.3 is 10.2 Å². The maximum atomic E-state index is 11.8. The first-order valence-electron chi connectivity index (χ1n) is 6.47. The SMILES string of the molecule is CC(C)NCC1CCCN(C(=O)CS(C)(=O)=O)C1. The fraction of sp³-hybridized carbons (Fsp3) is 0.917. The molecule has 1 aliphatic heterocycles. The number of piperidine rings is 1. The number of nitrogens with zero attached hydrogens (tertiary/aromatic N) is 1. The van der Waals surface area contributed by atoms with Gasteiger partial charge in [-0.1, -0.05) is 13.8 Å². The molecule has 1 fully saturated rings. The summed E-state index contributed by atoms with van der Waals surface area (Å²) in [5, 5.41) is 3.37. The lowest BCUT2D eigenvalue weighted by Gasteiger charge is -2.33. The maximum Gasteiger partial charge on any atom is 0.237 e. The summed E-state index contributed by atoms with van der Waals surface area (Å²) >= 11 is 0. The zero-order valence-corrected chi connectivity index (χ0v) is 12.3. The first kappa shape index (κ1) is 15.4. The Morgan fingerprint density at radius 1 is 1.44 bits per heavy atom. The van der Waals surface area contributed by atoms with Crippen molar-refractivity contribution in [2.24, 2.45) is 5.92 Å². The number of likely N-dealkylation sites (tertiary alicyclic amines) is 1. The average molecular weight is 276 g/mol. The van der Waals surface area contributed by atoms with Crippen molar-refractivity contribution >= 4 is 15.7 Å². The molecule has 1 heterocycles. The van der Waals surface area contributed by atoms with Crippen LogP contribution in [0.3, 0.4) is 0 Å². The molecule has 1 N–H and O–H groups in total. The summed E-state index contributed by atoms with van der Waals surface area (Å²) in [5.41, 5.74) is 0. The Hall–Kier alpha value is -0.620. The molecular weight excluding hydrogens is 252 g/mol. The van der Waals surface area contributed by atoms with Crippen LogP contribution < -0.4 is 5.32 Å². The number of carbonyl (C=O) groups is 1. The second-order valence-electron chi connectivity index (χ2n) is 5.48. The number of hydrogen-bond acceptors (Lipinski definition) is 4. The van der Waals surface area contributed by atoms with Crippen LogP contribution in [0.4, 0.5) is 0 Å². The molecule has 1 rings (SSSR count). The summed E-state index contributed by atoms with van der Waals surface area (Å²) in [6.45, 7) is 6.44. The Bertz CT molecular complexity index is 379. The third-order valence-electron chi connectivity index (χ3n) is 3.07. The number of rotatable bonds is 5. The summed E-state index contributed by atoms with van der Waals surface area (Å²) in [5.74, 6) is -0.187. The number of carbonyl (C=O) groups excluding carboxylic acids is 1. The molecule has 1 saturated heterocycles. The van der Waals surface area contributed by atoms with E-state index in [1.807, 2.05) is 0 Å². The van der Waals surface area contributed by atoms with E-state index in [9.17, 15) is 13.2 Å². The van der Waals surface area contributed by atoms with E-state index in [2.05, 4.69) is 19.2 Å². The molecule has 5 nitrogen and oxygen atoms in total. The molecular formula is C12H24N2O3S. The molecule has 0 spiro atoms. The van der Waals surface area contributed by atoms with Gasteiger partial charge in [-0.3, -0.25) is 4.79 Å². The van der Waals surface area contributed by atoms with Crippen molar-refractivity contribution in [1.82, 2.24) is 10.2 Å². The summed E-state index contributed by atoms with van der Waals surface area (Å²) in [6, 6.07) is 0.437. The van der Waals surface area contributed by atoms with Crippen LogP contribution in [0.15, 0.2) is 0 Å². The van der Waals surface area contributed by atoms with Gasteiger partial charge in [-0.2, -0.15) is 0 Å². The molecule has 0 bridgehead atoms. The summed E-state index contributed by atoms with van der Waals surface area (Å²) < 4.78 is 22.2. The number of hydrogen-bond donors (Lipinski definition) is 1. The van der Waals surface area contributed by atoms with E-state index in [4.69, 9.17) is 0 Å². The van der Waals surface area contributed by atoms with Crippen LogP contribution in [0.25, 0.3) is 0 Å². The predicted octanol–water partition coefficient (Wildman–Crippen LogP) is 0.268. The lowest BCUT2D eigenvalue weighted by atomic mass is 9.98. The molecule has 0 radical (unpaired) electrons. The van der Waals surface area contributed by atoms with Crippen molar-refractivity contribution in [3.8, 4) is 0 Å². The molecule has 1 unspecified atom stereocenters. The van der Waals surface area contributed by atoms with E-state index in [0.717, 1.165) is 25.6 Å². The van der Waals surface area contributed by atoms with E-state index in [-0.39, 0.29) is 11.7 Å². The zero-order chi connectivity index (χ0) is 13.8. The molecule has 0 aromatic carbocycles. The van der Waals surface area contributed by atoms with Crippen molar-refractivity contribution < 1.29 is 13.2 Å². The smallest absolute Gasteiger partial charge is 0.237 e. The van der Waals surface area contributed by atoms with Gasteiger partial charge in [0.2, 0.25) is 5.91 Å². The Morgan fingerprint density at radius 2 is 2.11 bits per heavy atom. The average Bonchev–Trinajstić information content (AvgIpc) is 2.24. The van der Waals surface area contributed by atoms with E-state index in [1.165, 1.54) is 0 Å². The van der Waals surface area contributed by atoms with Gasteiger partial charge in [-0.25, -0.2) is 8.42 Å². The molecule has 1 atom stereocenters. The largest absolute Gasteiger partial charge is 0.341 e. The number of amides is 1. The first-order valence-corrected chi connectivity index (χ1v) is 8.53. The predicted molar refractivity (Wildman–Crippen MR) is 72.2 cm³/mol. The topological polar surface area (TPSA) is 66.5 Å². The molecule has 0 aromatic rings. The number of sulfone groups is 1. The van der Waals surface area contributed by atoms with E-state index < -0.39 is 9.84 Å². The van der Waals surface area contributed by atoms with Crippen LogP contribution in [0.1, 0.15) is 26.7 Å². The van der Waals surface area contributed by atoms with Gasteiger partial charge >= 0.3 is 0 Å². The van der Waals surface area contributed by atoms with Gasteiger partial charge in [0.15, 0.2) is 9.84 Å². The normalized spacial score (nSPS) is 21.3. The standard InChI is InChI=1S/C12H24N2O3S/c1-10(2)13-7-11-5-4-6-14(8-11)12(15)9-18(3,16)17/h10-11,13H,4-9H2,1-3H3.